The van der Waals surface area contributed by atoms with Gasteiger partial charge in [0.2, 0.25) is 10.0 Å². The zero-order valence-corrected chi connectivity index (χ0v) is 18.9. The molecule has 3 aromatic rings. The topological polar surface area (TPSA) is 91.5 Å². The minimum atomic E-state index is -3.82. The summed E-state index contributed by atoms with van der Waals surface area (Å²) in [6.45, 7) is 0.163. The number of hydrogen-bond acceptors (Lipinski definition) is 5. The molecule has 0 radical (unpaired) electrons. The Morgan fingerprint density at radius 3 is 2.59 bits per heavy atom. The zero-order chi connectivity index (χ0) is 22.3. The molecule has 1 aromatic heterocycles. The fourth-order valence-corrected chi connectivity index (χ4v) is 4.55. The van der Waals surface area contributed by atoms with E-state index in [0.717, 1.165) is 48.1 Å². The number of pyridine rings is 1. The number of para-hydroxylation sites is 1. The number of aromatic nitrogens is 1. The molecule has 0 atom stereocenters. The van der Waals surface area contributed by atoms with Gasteiger partial charge in [-0.3, -0.25) is 4.98 Å². The maximum atomic E-state index is 11.7. The van der Waals surface area contributed by atoms with E-state index in [1.165, 1.54) is 18.2 Å². The Hall–Kier alpha value is -2.45. The molecule has 2 N–H and O–H groups in total. The van der Waals surface area contributed by atoms with Gasteiger partial charge < -0.3 is 9.47 Å². The lowest BCUT2D eigenvalue weighted by Crippen LogP contribution is -2.15. The number of hydrogen-bond donors (Lipinski definition) is 1. The minimum Gasteiger partial charge on any atom is -0.490 e. The Morgan fingerprint density at radius 1 is 1.09 bits per heavy atom. The normalized spacial score (nSPS) is 17.2. The molecule has 2 aromatic carbocycles. The summed E-state index contributed by atoms with van der Waals surface area (Å²) in [5, 5.41) is 5.70. The van der Waals surface area contributed by atoms with Crippen LogP contribution in [0.5, 0.6) is 5.75 Å². The van der Waals surface area contributed by atoms with Gasteiger partial charge >= 0.3 is 0 Å². The van der Waals surface area contributed by atoms with Crippen LogP contribution in [0.15, 0.2) is 65.8 Å². The van der Waals surface area contributed by atoms with Crippen LogP contribution in [-0.2, 0) is 27.0 Å². The molecule has 2 aliphatic carbocycles. The van der Waals surface area contributed by atoms with E-state index in [1.807, 2.05) is 30.5 Å². The number of primary sulfonamides is 1. The van der Waals surface area contributed by atoms with Gasteiger partial charge in [-0.15, -0.1) is 0 Å². The number of sulfonamides is 1. The van der Waals surface area contributed by atoms with Gasteiger partial charge in [-0.05, 0) is 67.1 Å². The van der Waals surface area contributed by atoms with Crippen molar-refractivity contribution in [3.63, 3.8) is 0 Å². The SMILES string of the molecule is NS(=O)(=O)c1ccc(Cl)c(COC2(c3cnccc3-c3ccccc3OC3CC3)CC2)c1. The highest BCUT2D eigenvalue weighted by atomic mass is 35.5. The van der Waals surface area contributed by atoms with Gasteiger partial charge in [0.15, 0.2) is 0 Å². The maximum Gasteiger partial charge on any atom is 0.238 e. The zero-order valence-electron chi connectivity index (χ0n) is 17.3. The van der Waals surface area contributed by atoms with E-state index in [-0.39, 0.29) is 11.5 Å². The van der Waals surface area contributed by atoms with Crippen LogP contribution in [-0.4, -0.2) is 19.5 Å². The Kier molecular flexibility index (Phi) is 5.45. The number of nitrogens with zero attached hydrogens (tertiary/aromatic N) is 1. The summed E-state index contributed by atoms with van der Waals surface area (Å²) in [5.74, 6) is 0.863. The first-order chi connectivity index (χ1) is 15.4. The Morgan fingerprint density at radius 2 is 1.88 bits per heavy atom. The van der Waals surface area contributed by atoms with Crippen LogP contribution in [0.4, 0.5) is 0 Å². The van der Waals surface area contributed by atoms with Crippen molar-refractivity contribution >= 4 is 21.6 Å². The molecule has 166 valence electrons. The van der Waals surface area contributed by atoms with Gasteiger partial charge in [-0.25, -0.2) is 13.6 Å². The monoisotopic (exact) mass is 470 g/mol. The molecule has 0 aliphatic heterocycles. The number of ether oxygens (including phenoxy) is 2. The van der Waals surface area contributed by atoms with Crippen molar-refractivity contribution < 1.29 is 17.9 Å². The quantitative estimate of drug-likeness (QED) is 0.510. The predicted molar refractivity (Wildman–Crippen MR) is 122 cm³/mol. The molecular formula is C24H23ClN2O4S. The summed E-state index contributed by atoms with van der Waals surface area (Å²) in [4.78, 5) is 4.37. The van der Waals surface area contributed by atoms with Crippen LogP contribution in [0.25, 0.3) is 11.1 Å². The van der Waals surface area contributed by atoms with E-state index in [4.69, 9.17) is 26.2 Å². The van der Waals surface area contributed by atoms with Gasteiger partial charge in [0, 0.05) is 28.5 Å². The summed E-state index contributed by atoms with van der Waals surface area (Å²) >= 11 is 6.30. The van der Waals surface area contributed by atoms with Crippen molar-refractivity contribution in [3.05, 3.63) is 77.1 Å². The summed E-state index contributed by atoms with van der Waals surface area (Å²) in [6, 6.07) is 14.4. The van der Waals surface area contributed by atoms with Gasteiger partial charge in [-0.2, -0.15) is 0 Å². The first kappa shape index (κ1) is 21.4. The molecule has 2 fully saturated rings. The van der Waals surface area contributed by atoms with Crippen LogP contribution < -0.4 is 9.88 Å². The van der Waals surface area contributed by atoms with Crippen molar-refractivity contribution in [1.82, 2.24) is 4.98 Å². The second-order valence-electron chi connectivity index (χ2n) is 8.32. The molecule has 2 saturated carbocycles. The molecule has 1 heterocycles. The Labute approximate surface area is 192 Å². The van der Waals surface area contributed by atoms with Crippen LogP contribution >= 0.6 is 11.6 Å². The average Bonchev–Trinajstić information content (AvgIpc) is 3.70. The van der Waals surface area contributed by atoms with Crippen LogP contribution in [0.3, 0.4) is 0 Å². The molecule has 5 rings (SSSR count). The molecule has 0 saturated heterocycles. The highest BCUT2D eigenvalue weighted by Gasteiger charge is 2.47. The molecular weight excluding hydrogens is 448 g/mol. The second-order valence-corrected chi connectivity index (χ2v) is 10.3. The second kappa shape index (κ2) is 8.15. The average molecular weight is 471 g/mol. The first-order valence-corrected chi connectivity index (χ1v) is 12.4. The van der Waals surface area contributed by atoms with Gasteiger partial charge in [0.25, 0.3) is 0 Å². The molecule has 0 unspecified atom stereocenters. The molecule has 0 amide bonds. The number of benzene rings is 2. The molecule has 0 bridgehead atoms. The smallest absolute Gasteiger partial charge is 0.238 e. The summed E-state index contributed by atoms with van der Waals surface area (Å²) in [6.07, 6.45) is 7.76. The third-order valence-corrected chi connectivity index (χ3v) is 7.14. The van der Waals surface area contributed by atoms with Crippen molar-refractivity contribution in [3.8, 4) is 16.9 Å². The van der Waals surface area contributed by atoms with Crippen molar-refractivity contribution in [2.24, 2.45) is 5.14 Å². The number of nitrogens with two attached hydrogens (primary N) is 1. The van der Waals surface area contributed by atoms with Crippen LogP contribution in [0.2, 0.25) is 5.02 Å². The third kappa shape index (κ3) is 4.38. The largest absolute Gasteiger partial charge is 0.490 e. The van der Waals surface area contributed by atoms with Crippen molar-refractivity contribution in [2.75, 3.05) is 0 Å². The standard InChI is InChI=1S/C24H23ClN2O4S/c25-22-8-7-18(32(26,28)29)13-16(22)15-30-24(10-11-24)21-14-27-12-9-19(21)20-3-1-2-4-23(20)31-17-5-6-17/h1-4,7-9,12-14,17H,5-6,10-11,15H2,(H2,26,28,29). The third-order valence-electron chi connectivity index (χ3n) is 5.86. The lowest BCUT2D eigenvalue weighted by atomic mass is 9.96. The Balaban J connectivity index is 1.45. The number of rotatable bonds is 8. The highest BCUT2D eigenvalue weighted by molar-refractivity contribution is 7.89. The fourth-order valence-electron chi connectivity index (χ4n) is 3.81. The fraction of sp³-hybridized carbons (Fsp3) is 0.292. The Bertz CT molecular complexity index is 1270. The van der Waals surface area contributed by atoms with Gasteiger partial charge in [-0.1, -0.05) is 29.8 Å². The molecule has 32 heavy (non-hydrogen) atoms. The van der Waals surface area contributed by atoms with E-state index in [2.05, 4.69) is 11.1 Å². The van der Waals surface area contributed by atoms with Crippen molar-refractivity contribution in [2.45, 2.75) is 48.9 Å². The van der Waals surface area contributed by atoms with E-state index in [1.54, 1.807) is 6.20 Å². The van der Waals surface area contributed by atoms with E-state index in [9.17, 15) is 8.42 Å². The number of halogens is 1. The lowest BCUT2D eigenvalue weighted by molar-refractivity contribution is 0.0173. The molecule has 8 heteroatoms. The van der Waals surface area contributed by atoms with E-state index < -0.39 is 15.6 Å². The lowest BCUT2D eigenvalue weighted by Gasteiger charge is -2.22. The summed E-state index contributed by atoms with van der Waals surface area (Å²) < 4.78 is 35.9. The van der Waals surface area contributed by atoms with Crippen LogP contribution in [0, 0.1) is 0 Å². The van der Waals surface area contributed by atoms with Gasteiger partial charge in [0.1, 0.15) is 5.75 Å². The van der Waals surface area contributed by atoms with Crippen molar-refractivity contribution in [1.29, 1.82) is 0 Å². The highest BCUT2D eigenvalue weighted by Crippen LogP contribution is 2.53. The molecule has 2 aliphatic rings. The first-order valence-electron chi connectivity index (χ1n) is 10.5. The predicted octanol–water partition coefficient (Wildman–Crippen LogP) is 4.80. The molecule has 0 spiro atoms. The van der Waals surface area contributed by atoms with E-state index in [0.29, 0.717) is 16.7 Å². The molecule has 6 nitrogen and oxygen atoms in total. The van der Waals surface area contributed by atoms with Gasteiger partial charge in [0.05, 0.1) is 23.2 Å². The van der Waals surface area contributed by atoms with E-state index >= 15 is 0 Å². The summed E-state index contributed by atoms with van der Waals surface area (Å²) in [5.41, 5.74) is 3.11. The van der Waals surface area contributed by atoms with Crippen LogP contribution in [0.1, 0.15) is 36.8 Å². The summed E-state index contributed by atoms with van der Waals surface area (Å²) in [7, 11) is -3.82. The minimum absolute atomic E-state index is 0.0126. The maximum absolute atomic E-state index is 11.7.